The van der Waals surface area contributed by atoms with E-state index in [0.717, 1.165) is 22.3 Å². The van der Waals surface area contributed by atoms with Gasteiger partial charge in [-0.1, -0.05) is 71.7 Å². The number of nitrogens with one attached hydrogen (secondary N) is 1. The normalized spacial score (nSPS) is 14.3. The first-order valence-corrected chi connectivity index (χ1v) is 11.3. The van der Waals surface area contributed by atoms with Gasteiger partial charge in [0.25, 0.3) is 0 Å². The minimum absolute atomic E-state index is 0.0343. The molecule has 0 aliphatic heterocycles. The number of aliphatic hydroxyl groups is 2. The van der Waals surface area contributed by atoms with Gasteiger partial charge in [0.2, 0.25) is 0 Å². The number of amides is 1. The Kier molecular flexibility index (Phi) is 7.10. The van der Waals surface area contributed by atoms with Crippen LogP contribution in [-0.4, -0.2) is 35.6 Å². The van der Waals surface area contributed by atoms with Gasteiger partial charge in [-0.05, 0) is 40.8 Å². The fourth-order valence-electron chi connectivity index (χ4n) is 4.14. The zero-order valence-electron chi connectivity index (χ0n) is 17.7. The van der Waals surface area contributed by atoms with E-state index >= 15 is 0 Å². The van der Waals surface area contributed by atoms with E-state index in [2.05, 4.69) is 17.4 Å². The zero-order valence-corrected chi connectivity index (χ0v) is 19.2. The van der Waals surface area contributed by atoms with Crippen molar-refractivity contribution in [1.82, 2.24) is 5.32 Å². The van der Waals surface area contributed by atoms with E-state index in [-0.39, 0.29) is 46.8 Å². The van der Waals surface area contributed by atoms with Gasteiger partial charge in [0, 0.05) is 23.0 Å². The molecule has 2 atom stereocenters. The molecular weight excluding hydrogens is 463 g/mol. The summed E-state index contributed by atoms with van der Waals surface area (Å²) in [6.07, 6.45) is -2.95. The lowest BCUT2D eigenvalue weighted by Crippen LogP contribution is -2.30. The molecule has 172 valence electrons. The Morgan fingerprint density at radius 1 is 1.00 bits per heavy atom. The van der Waals surface area contributed by atoms with Crippen molar-refractivity contribution < 1.29 is 19.7 Å². The molecule has 0 saturated carbocycles. The van der Waals surface area contributed by atoms with E-state index in [0.29, 0.717) is 0 Å². The number of aliphatic hydroxyl groups excluding tert-OH is 2. The Bertz CT molecular complexity index is 1130. The number of nitrogens with two attached hydrogens (primary N) is 1. The predicted octanol–water partition coefficient (Wildman–Crippen LogP) is 4.90. The minimum Gasteiger partial charge on any atom is -0.449 e. The molecule has 2 unspecified atom stereocenters. The summed E-state index contributed by atoms with van der Waals surface area (Å²) in [6, 6.07) is 19.0. The number of ether oxygens (including phenoxy) is 1. The number of benzene rings is 3. The average Bonchev–Trinajstić information content (AvgIpc) is 3.13. The highest BCUT2D eigenvalue weighted by molar-refractivity contribution is 6.35. The molecule has 3 aromatic rings. The summed E-state index contributed by atoms with van der Waals surface area (Å²) >= 11 is 12.1. The lowest BCUT2D eigenvalue weighted by Gasteiger charge is -2.20. The molecule has 0 saturated heterocycles. The Morgan fingerprint density at radius 3 is 2.24 bits per heavy atom. The van der Waals surface area contributed by atoms with Gasteiger partial charge in [-0.25, -0.2) is 4.79 Å². The van der Waals surface area contributed by atoms with Crippen molar-refractivity contribution in [3.05, 3.63) is 87.4 Å². The van der Waals surface area contributed by atoms with Crippen LogP contribution in [0.2, 0.25) is 10.0 Å². The Balaban J connectivity index is 1.30. The van der Waals surface area contributed by atoms with Crippen molar-refractivity contribution in [3.63, 3.8) is 0 Å². The first kappa shape index (κ1) is 23.4. The largest absolute Gasteiger partial charge is 0.449 e. The molecule has 0 spiro atoms. The van der Waals surface area contributed by atoms with Crippen LogP contribution in [0, 0.1) is 0 Å². The monoisotopic (exact) mass is 486 g/mol. The van der Waals surface area contributed by atoms with Crippen LogP contribution >= 0.6 is 23.2 Å². The summed E-state index contributed by atoms with van der Waals surface area (Å²) in [6.45, 7) is 0.305. The Labute approximate surface area is 201 Å². The van der Waals surface area contributed by atoms with Crippen molar-refractivity contribution in [1.29, 1.82) is 0 Å². The second-order valence-electron chi connectivity index (χ2n) is 7.95. The smallest absolute Gasteiger partial charge is 0.407 e. The Morgan fingerprint density at radius 2 is 1.61 bits per heavy atom. The van der Waals surface area contributed by atoms with Gasteiger partial charge in [0.05, 0.1) is 16.8 Å². The second-order valence-corrected chi connectivity index (χ2v) is 8.76. The standard InChI is InChI=1S/C25H24Cl2N2O4/c26-20-12-22(28)21(27)11-18(20)24(31)23(30)9-10-29-25(32)33-13-19-16-7-3-1-5-14(16)15-6-2-4-8-17(15)19/h1-8,11-12,19,23-24,30-31H,9-10,13,28H2,(H,29,32). The first-order chi connectivity index (χ1) is 15.9. The fraction of sp³-hybridized carbons (Fsp3) is 0.240. The molecule has 0 aromatic heterocycles. The molecule has 5 N–H and O–H groups in total. The van der Waals surface area contributed by atoms with Crippen molar-refractivity contribution in [2.75, 3.05) is 18.9 Å². The summed E-state index contributed by atoms with van der Waals surface area (Å²) in [5, 5.41) is 23.8. The van der Waals surface area contributed by atoms with E-state index in [1.807, 2.05) is 36.4 Å². The van der Waals surface area contributed by atoms with Crippen LogP contribution in [-0.2, 0) is 4.74 Å². The number of anilines is 1. The van der Waals surface area contributed by atoms with Gasteiger partial charge in [0.15, 0.2) is 0 Å². The third kappa shape index (κ3) is 4.94. The molecule has 1 amide bonds. The van der Waals surface area contributed by atoms with E-state index < -0.39 is 18.3 Å². The SMILES string of the molecule is Nc1cc(Cl)c(C(O)C(O)CCNC(=O)OCC2c3ccccc3-c3ccccc32)cc1Cl. The highest BCUT2D eigenvalue weighted by Gasteiger charge is 2.29. The molecule has 1 aliphatic carbocycles. The molecule has 6 nitrogen and oxygen atoms in total. The van der Waals surface area contributed by atoms with Crippen LogP contribution in [0.4, 0.5) is 10.5 Å². The van der Waals surface area contributed by atoms with Crippen LogP contribution in [0.5, 0.6) is 0 Å². The maximum atomic E-state index is 12.3. The van der Waals surface area contributed by atoms with Gasteiger partial charge in [-0.2, -0.15) is 0 Å². The number of hydrogen-bond acceptors (Lipinski definition) is 5. The van der Waals surface area contributed by atoms with Gasteiger partial charge < -0.3 is 26.0 Å². The molecule has 0 radical (unpaired) electrons. The van der Waals surface area contributed by atoms with Gasteiger partial charge in [-0.3, -0.25) is 0 Å². The molecule has 0 fully saturated rings. The highest BCUT2D eigenvalue weighted by Crippen LogP contribution is 2.44. The van der Waals surface area contributed by atoms with Crippen LogP contribution in [0.1, 0.15) is 35.1 Å². The quantitative estimate of drug-likeness (QED) is 0.355. The highest BCUT2D eigenvalue weighted by atomic mass is 35.5. The molecule has 0 heterocycles. The van der Waals surface area contributed by atoms with Gasteiger partial charge in [-0.15, -0.1) is 0 Å². The number of nitrogen functional groups attached to an aromatic ring is 1. The summed E-state index contributed by atoms with van der Waals surface area (Å²) in [5.41, 5.74) is 10.8. The lowest BCUT2D eigenvalue weighted by atomic mass is 9.98. The minimum atomic E-state index is -1.28. The summed E-state index contributed by atoms with van der Waals surface area (Å²) < 4.78 is 5.47. The second kappa shape index (κ2) is 10.0. The maximum Gasteiger partial charge on any atom is 0.407 e. The molecule has 3 aromatic carbocycles. The number of rotatable bonds is 7. The topological polar surface area (TPSA) is 105 Å². The van der Waals surface area contributed by atoms with Gasteiger partial charge in [0.1, 0.15) is 12.7 Å². The molecule has 1 aliphatic rings. The van der Waals surface area contributed by atoms with Gasteiger partial charge >= 0.3 is 6.09 Å². The molecule has 4 rings (SSSR count). The fourth-order valence-corrected chi connectivity index (χ4v) is 4.60. The number of halogens is 2. The number of carbonyl (C=O) groups excluding carboxylic acids is 1. The molecule has 8 heteroatoms. The van der Waals surface area contributed by atoms with E-state index in [1.54, 1.807) is 0 Å². The van der Waals surface area contributed by atoms with Crippen molar-refractivity contribution in [2.45, 2.75) is 24.5 Å². The number of alkyl carbamates (subject to hydrolysis) is 1. The Hall–Kier alpha value is -2.77. The van der Waals surface area contributed by atoms with E-state index in [4.69, 9.17) is 33.7 Å². The van der Waals surface area contributed by atoms with E-state index in [1.165, 1.54) is 12.1 Å². The van der Waals surface area contributed by atoms with Crippen molar-refractivity contribution >= 4 is 35.0 Å². The van der Waals surface area contributed by atoms with Crippen molar-refractivity contribution in [3.8, 4) is 11.1 Å². The third-order valence-corrected chi connectivity index (χ3v) is 6.51. The number of hydrogen-bond donors (Lipinski definition) is 4. The van der Waals surface area contributed by atoms with Crippen LogP contribution in [0.15, 0.2) is 60.7 Å². The maximum absolute atomic E-state index is 12.3. The predicted molar refractivity (Wildman–Crippen MR) is 130 cm³/mol. The molecular formula is C25H24Cl2N2O4. The summed E-state index contributed by atoms with van der Waals surface area (Å²) in [5.74, 6) is -0.0343. The number of fused-ring (bicyclic) bond motifs is 3. The van der Waals surface area contributed by atoms with E-state index in [9.17, 15) is 15.0 Å². The summed E-state index contributed by atoms with van der Waals surface area (Å²) in [7, 11) is 0. The summed E-state index contributed by atoms with van der Waals surface area (Å²) in [4.78, 5) is 12.3. The third-order valence-electron chi connectivity index (χ3n) is 5.85. The lowest BCUT2D eigenvalue weighted by molar-refractivity contribution is 0.0137. The van der Waals surface area contributed by atoms with Crippen LogP contribution in [0.3, 0.4) is 0 Å². The van der Waals surface area contributed by atoms with Crippen LogP contribution in [0.25, 0.3) is 11.1 Å². The first-order valence-electron chi connectivity index (χ1n) is 10.6. The molecule has 33 heavy (non-hydrogen) atoms. The average molecular weight is 487 g/mol. The molecule has 0 bridgehead atoms. The van der Waals surface area contributed by atoms with Crippen molar-refractivity contribution in [2.24, 2.45) is 0 Å². The van der Waals surface area contributed by atoms with Crippen LogP contribution < -0.4 is 11.1 Å². The number of carbonyl (C=O) groups is 1. The zero-order chi connectivity index (χ0) is 23.5.